The van der Waals surface area contributed by atoms with Gasteiger partial charge in [-0.2, -0.15) is 0 Å². The highest BCUT2D eigenvalue weighted by Gasteiger charge is 2.22. The van der Waals surface area contributed by atoms with E-state index in [0.717, 1.165) is 17.9 Å². The van der Waals surface area contributed by atoms with Gasteiger partial charge in [0.05, 0.1) is 23.9 Å². The maximum atomic E-state index is 12.2. The number of aryl methyl sites for hydroxylation is 1. The second-order valence-corrected chi connectivity index (χ2v) is 7.13. The second kappa shape index (κ2) is 7.75. The zero-order valence-electron chi connectivity index (χ0n) is 14.8. The van der Waals surface area contributed by atoms with Crippen molar-refractivity contribution in [2.24, 2.45) is 0 Å². The van der Waals surface area contributed by atoms with Crippen molar-refractivity contribution in [2.75, 3.05) is 13.2 Å². The number of hydrogen-bond acceptors (Lipinski definition) is 7. The summed E-state index contributed by atoms with van der Waals surface area (Å²) in [5, 5.41) is 10.8. The molecule has 0 saturated heterocycles. The summed E-state index contributed by atoms with van der Waals surface area (Å²) in [5.74, 6) is 1.21. The molecule has 0 spiro atoms. The number of rotatable bonds is 6. The number of nitrogens with one attached hydrogen (secondary N) is 1. The number of fused-ring (bicyclic) bond motifs is 1. The minimum absolute atomic E-state index is 0.188. The molecule has 3 aromatic rings. The van der Waals surface area contributed by atoms with Crippen LogP contribution in [-0.2, 0) is 13.0 Å². The number of ether oxygens (including phenoxy) is 2. The highest BCUT2D eigenvalue weighted by atomic mass is 32.1. The zero-order valence-corrected chi connectivity index (χ0v) is 15.6. The lowest BCUT2D eigenvalue weighted by molar-refractivity contribution is 0.0754. The van der Waals surface area contributed by atoms with Crippen LogP contribution in [0.5, 0.6) is 11.5 Å². The molecule has 1 aliphatic rings. The first-order chi connectivity index (χ1) is 13.2. The van der Waals surface area contributed by atoms with Crippen LogP contribution in [0.15, 0.2) is 36.0 Å². The van der Waals surface area contributed by atoms with Crippen molar-refractivity contribution in [1.29, 1.82) is 0 Å². The molecule has 1 N–H and O–H groups in total. The topological polar surface area (TPSA) is 91.2 Å². The Hall–Kier alpha value is -2.94. The lowest BCUT2D eigenvalue weighted by Crippen LogP contribution is -2.33. The molecular formula is C18H19N5O3S. The van der Waals surface area contributed by atoms with Crippen molar-refractivity contribution < 1.29 is 14.3 Å². The molecule has 9 heteroatoms. The molecular weight excluding hydrogens is 366 g/mol. The number of carbonyl (C=O) groups is 1. The molecule has 0 unspecified atom stereocenters. The fraction of sp³-hybridized carbons (Fsp3) is 0.333. The van der Waals surface area contributed by atoms with E-state index in [2.05, 4.69) is 20.6 Å². The molecule has 0 aliphatic carbocycles. The van der Waals surface area contributed by atoms with Gasteiger partial charge in [0.2, 0.25) is 0 Å². The van der Waals surface area contributed by atoms with Crippen LogP contribution < -0.4 is 14.8 Å². The normalized spacial score (nSPS) is 15.5. The summed E-state index contributed by atoms with van der Waals surface area (Å²) in [6.45, 7) is 3.38. The Labute approximate surface area is 160 Å². The van der Waals surface area contributed by atoms with Gasteiger partial charge in [-0.1, -0.05) is 17.3 Å². The molecule has 1 amide bonds. The Kier molecular flexibility index (Phi) is 5.01. The lowest BCUT2D eigenvalue weighted by atomic mass is 10.2. The van der Waals surface area contributed by atoms with E-state index in [0.29, 0.717) is 25.4 Å². The van der Waals surface area contributed by atoms with Crippen LogP contribution in [0.1, 0.15) is 21.1 Å². The van der Waals surface area contributed by atoms with E-state index >= 15 is 0 Å². The van der Waals surface area contributed by atoms with Crippen molar-refractivity contribution in [3.8, 4) is 11.5 Å². The maximum absolute atomic E-state index is 12.2. The first-order valence-electron chi connectivity index (χ1n) is 8.65. The molecule has 0 radical (unpaired) electrons. The van der Waals surface area contributed by atoms with E-state index < -0.39 is 0 Å². The lowest BCUT2D eigenvalue weighted by Gasteiger charge is -2.26. The van der Waals surface area contributed by atoms with Crippen LogP contribution in [0.25, 0.3) is 0 Å². The van der Waals surface area contributed by atoms with E-state index in [1.54, 1.807) is 22.2 Å². The molecule has 140 valence electrons. The number of aromatic nitrogens is 4. The number of nitrogens with zero attached hydrogens (tertiary/aromatic N) is 4. The SMILES string of the molecule is Cc1ncsc1CCNC(=O)c1cn(C[C@H]2COc3ccccc3O2)nn1. The number of carbonyl (C=O) groups excluding carboxylic acids is 1. The predicted molar refractivity (Wildman–Crippen MR) is 99.3 cm³/mol. The van der Waals surface area contributed by atoms with Gasteiger partial charge in [0, 0.05) is 17.8 Å². The van der Waals surface area contributed by atoms with E-state index in [4.69, 9.17) is 9.47 Å². The van der Waals surface area contributed by atoms with Gasteiger partial charge in [-0.25, -0.2) is 9.67 Å². The van der Waals surface area contributed by atoms with E-state index in [9.17, 15) is 4.79 Å². The van der Waals surface area contributed by atoms with Crippen LogP contribution in [0, 0.1) is 6.92 Å². The van der Waals surface area contributed by atoms with Crippen molar-refractivity contribution in [3.63, 3.8) is 0 Å². The molecule has 1 aromatic carbocycles. The Morgan fingerprint density at radius 2 is 2.22 bits per heavy atom. The molecule has 1 aliphatic heterocycles. The molecule has 0 fully saturated rings. The van der Waals surface area contributed by atoms with E-state index in [-0.39, 0.29) is 17.7 Å². The largest absolute Gasteiger partial charge is 0.486 e. The highest BCUT2D eigenvalue weighted by molar-refractivity contribution is 7.09. The number of para-hydroxylation sites is 2. The molecule has 8 nitrogen and oxygen atoms in total. The van der Waals surface area contributed by atoms with Gasteiger partial charge in [-0.05, 0) is 19.1 Å². The third-order valence-corrected chi connectivity index (χ3v) is 5.21. The smallest absolute Gasteiger partial charge is 0.273 e. The van der Waals surface area contributed by atoms with Crippen LogP contribution in [0.4, 0.5) is 0 Å². The van der Waals surface area contributed by atoms with Crippen LogP contribution in [0.3, 0.4) is 0 Å². The van der Waals surface area contributed by atoms with E-state index in [1.165, 1.54) is 4.88 Å². The van der Waals surface area contributed by atoms with Crippen molar-refractivity contribution in [2.45, 2.75) is 26.0 Å². The molecule has 4 rings (SSSR count). The van der Waals surface area contributed by atoms with Gasteiger partial charge in [0.25, 0.3) is 5.91 Å². The molecule has 1 atom stereocenters. The average molecular weight is 385 g/mol. The van der Waals surface area contributed by atoms with Gasteiger partial charge < -0.3 is 14.8 Å². The fourth-order valence-electron chi connectivity index (χ4n) is 2.80. The highest BCUT2D eigenvalue weighted by Crippen LogP contribution is 2.31. The first kappa shape index (κ1) is 17.5. The number of amides is 1. The summed E-state index contributed by atoms with van der Waals surface area (Å²) in [7, 11) is 0. The number of thiazole rings is 1. The Morgan fingerprint density at radius 1 is 1.37 bits per heavy atom. The summed E-state index contributed by atoms with van der Waals surface area (Å²) >= 11 is 1.60. The Morgan fingerprint density at radius 3 is 3.04 bits per heavy atom. The zero-order chi connectivity index (χ0) is 18.6. The number of benzene rings is 1. The summed E-state index contributed by atoms with van der Waals surface area (Å²) < 4.78 is 13.2. The van der Waals surface area contributed by atoms with Crippen molar-refractivity contribution >= 4 is 17.2 Å². The third kappa shape index (κ3) is 4.08. The van der Waals surface area contributed by atoms with Gasteiger partial charge in [0.15, 0.2) is 23.3 Å². The predicted octanol–water partition coefficient (Wildman–Crippen LogP) is 1.86. The summed E-state index contributed by atoms with van der Waals surface area (Å²) in [4.78, 5) is 17.6. The molecule has 0 saturated carbocycles. The third-order valence-electron chi connectivity index (χ3n) is 4.21. The second-order valence-electron chi connectivity index (χ2n) is 6.19. The van der Waals surface area contributed by atoms with Gasteiger partial charge >= 0.3 is 0 Å². The minimum Gasteiger partial charge on any atom is -0.486 e. The van der Waals surface area contributed by atoms with Gasteiger partial charge in [-0.3, -0.25) is 4.79 Å². The Bertz CT molecular complexity index is 938. The maximum Gasteiger partial charge on any atom is 0.273 e. The van der Waals surface area contributed by atoms with E-state index in [1.807, 2.05) is 36.7 Å². The fourth-order valence-corrected chi connectivity index (χ4v) is 3.58. The molecule has 0 bridgehead atoms. The standard InChI is InChI=1S/C18H19N5O3S/c1-12-17(27-11-20-12)6-7-19-18(24)14-9-23(22-21-14)8-13-10-25-15-4-2-3-5-16(15)26-13/h2-5,9,11,13H,6-8,10H2,1H3,(H,19,24)/t13-/m0/s1. The van der Waals surface area contributed by atoms with Crippen LogP contribution >= 0.6 is 11.3 Å². The van der Waals surface area contributed by atoms with Gasteiger partial charge in [0.1, 0.15) is 6.61 Å². The average Bonchev–Trinajstić information content (AvgIpc) is 3.31. The molecule has 27 heavy (non-hydrogen) atoms. The van der Waals surface area contributed by atoms with Crippen molar-refractivity contribution in [3.05, 3.63) is 52.2 Å². The summed E-state index contributed by atoms with van der Waals surface area (Å²) in [6, 6.07) is 7.54. The van der Waals surface area contributed by atoms with Crippen LogP contribution in [-0.4, -0.2) is 45.1 Å². The minimum atomic E-state index is -0.241. The monoisotopic (exact) mass is 385 g/mol. The first-order valence-corrected chi connectivity index (χ1v) is 9.53. The van der Waals surface area contributed by atoms with Crippen molar-refractivity contribution in [1.82, 2.24) is 25.3 Å². The number of hydrogen-bond donors (Lipinski definition) is 1. The quantitative estimate of drug-likeness (QED) is 0.696. The molecule has 3 heterocycles. The summed E-state index contributed by atoms with van der Waals surface area (Å²) in [6.07, 6.45) is 2.19. The van der Waals surface area contributed by atoms with Crippen LogP contribution in [0.2, 0.25) is 0 Å². The van der Waals surface area contributed by atoms with Gasteiger partial charge in [-0.15, -0.1) is 16.4 Å². The Balaban J connectivity index is 1.29. The molecule has 2 aromatic heterocycles. The summed E-state index contributed by atoms with van der Waals surface area (Å²) in [5.41, 5.74) is 3.11.